The molecule has 8 heteroatoms. The summed E-state index contributed by atoms with van der Waals surface area (Å²) in [5.74, 6) is -0.956. The Bertz CT molecular complexity index is 562. The fourth-order valence-electron chi connectivity index (χ4n) is 2.00. The van der Waals surface area contributed by atoms with Crippen LogP contribution in [-0.4, -0.2) is 43.5 Å². The molecular weight excluding hydrogens is 291 g/mol. The van der Waals surface area contributed by atoms with Gasteiger partial charge >= 0.3 is 6.03 Å². The average molecular weight is 308 g/mol. The van der Waals surface area contributed by atoms with Gasteiger partial charge in [0.15, 0.2) is 0 Å². The van der Waals surface area contributed by atoms with Crippen molar-refractivity contribution < 1.29 is 18.8 Å². The fraction of sp³-hybridized carbons (Fsp3) is 0.357. The molecule has 2 rings (SSSR count). The Morgan fingerprint density at radius 1 is 1.18 bits per heavy atom. The van der Waals surface area contributed by atoms with Crippen LogP contribution in [0, 0.1) is 5.82 Å². The maximum Gasteiger partial charge on any atom is 0.315 e. The maximum absolute atomic E-state index is 12.7. The zero-order valence-electron chi connectivity index (χ0n) is 11.8. The predicted molar refractivity (Wildman–Crippen MR) is 76.7 cm³/mol. The van der Waals surface area contributed by atoms with Crippen molar-refractivity contribution in [1.82, 2.24) is 21.3 Å². The minimum absolute atomic E-state index is 0.195. The van der Waals surface area contributed by atoms with Crippen molar-refractivity contribution >= 4 is 17.8 Å². The van der Waals surface area contributed by atoms with Gasteiger partial charge in [0, 0.05) is 25.2 Å². The second-order valence-corrected chi connectivity index (χ2v) is 4.80. The molecule has 1 saturated heterocycles. The van der Waals surface area contributed by atoms with Gasteiger partial charge in [-0.25, -0.2) is 9.18 Å². The number of urea groups is 1. The number of hydrogen-bond donors (Lipinski definition) is 4. The minimum Gasteiger partial charge on any atom is -0.354 e. The molecule has 22 heavy (non-hydrogen) atoms. The third-order valence-electron chi connectivity index (χ3n) is 3.16. The number of amides is 4. The van der Waals surface area contributed by atoms with E-state index in [0.717, 1.165) is 0 Å². The Kier molecular flexibility index (Phi) is 5.29. The summed E-state index contributed by atoms with van der Waals surface area (Å²) in [6.45, 7) is 0.991. The van der Waals surface area contributed by atoms with Crippen LogP contribution in [0.25, 0.3) is 0 Å². The molecule has 118 valence electrons. The van der Waals surface area contributed by atoms with E-state index in [1.807, 2.05) is 0 Å². The molecule has 0 bridgehead atoms. The number of benzene rings is 1. The van der Waals surface area contributed by atoms with E-state index in [0.29, 0.717) is 18.5 Å². The van der Waals surface area contributed by atoms with Gasteiger partial charge in [0.05, 0.1) is 0 Å². The summed E-state index contributed by atoms with van der Waals surface area (Å²) in [7, 11) is 0. The van der Waals surface area contributed by atoms with Crippen molar-refractivity contribution in [3.8, 4) is 0 Å². The molecule has 7 nitrogen and oxygen atoms in total. The number of halogens is 1. The molecule has 1 atom stereocenters. The van der Waals surface area contributed by atoms with Crippen LogP contribution in [0.3, 0.4) is 0 Å². The zero-order chi connectivity index (χ0) is 15.9. The monoisotopic (exact) mass is 308 g/mol. The van der Waals surface area contributed by atoms with Crippen LogP contribution in [-0.2, 0) is 4.79 Å². The topological polar surface area (TPSA) is 99.3 Å². The van der Waals surface area contributed by atoms with E-state index in [9.17, 15) is 18.8 Å². The molecular formula is C14H17FN4O3. The molecule has 1 fully saturated rings. The van der Waals surface area contributed by atoms with Gasteiger partial charge in [-0.2, -0.15) is 0 Å². The van der Waals surface area contributed by atoms with Crippen LogP contribution in [0.5, 0.6) is 0 Å². The summed E-state index contributed by atoms with van der Waals surface area (Å²) in [6, 6.07) is 4.19. The Labute approximate surface area is 126 Å². The normalized spacial score (nSPS) is 16.8. The first-order chi connectivity index (χ1) is 10.6. The number of carbonyl (C=O) groups is 3. The molecule has 1 aliphatic rings. The third-order valence-corrected chi connectivity index (χ3v) is 3.16. The van der Waals surface area contributed by atoms with Crippen LogP contribution in [0.15, 0.2) is 24.3 Å². The second kappa shape index (κ2) is 7.39. The summed E-state index contributed by atoms with van der Waals surface area (Å²) >= 11 is 0. The minimum atomic E-state index is -0.506. The smallest absolute Gasteiger partial charge is 0.315 e. The molecule has 1 aliphatic heterocycles. The van der Waals surface area contributed by atoms with Crippen LogP contribution >= 0.6 is 0 Å². The molecule has 4 N–H and O–H groups in total. The highest BCUT2D eigenvalue weighted by molar-refractivity contribution is 5.94. The lowest BCUT2D eigenvalue weighted by Crippen LogP contribution is -2.47. The van der Waals surface area contributed by atoms with Gasteiger partial charge in [0.2, 0.25) is 5.91 Å². The molecule has 0 saturated carbocycles. The average Bonchev–Trinajstić information content (AvgIpc) is 2.89. The lowest BCUT2D eigenvalue weighted by Gasteiger charge is -2.11. The van der Waals surface area contributed by atoms with E-state index in [1.54, 1.807) is 0 Å². The quantitative estimate of drug-likeness (QED) is 0.564. The van der Waals surface area contributed by atoms with E-state index < -0.39 is 17.9 Å². The summed E-state index contributed by atoms with van der Waals surface area (Å²) in [5.41, 5.74) is 0.341. The van der Waals surface area contributed by atoms with Gasteiger partial charge in [-0.15, -0.1) is 0 Å². The van der Waals surface area contributed by atoms with E-state index >= 15 is 0 Å². The standard InChI is InChI=1S/C14H17FN4O3/c15-10-3-1-9(2-4-10)12(20)17-7-8-18-14(22)19-11-5-6-16-13(11)21/h1-4,11H,5-8H2,(H,16,21)(H,17,20)(H2,18,19,22)/t11-/m1/s1. The predicted octanol–water partition coefficient (Wildman–Crippen LogP) is -0.257. The third kappa shape index (κ3) is 4.44. The van der Waals surface area contributed by atoms with Crippen LogP contribution < -0.4 is 21.3 Å². The second-order valence-electron chi connectivity index (χ2n) is 4.80. The Hall–Kier alpha value is -2.64. The Balaban J connectivity index is 1.64. The molecule has 0 radical (unpaired) electrons. The van der Waals surface area contributed by atoms with Gasteiger partial charge in [-0.3, -0.25) is 9.59 Å². The largest absolute Gasteiger partial charge is 0.354 e. The van der Waals surface area contributed by atoms with E-state index in [4.69, 9.17) is 0 Å². The first-order valence-corrected chi connectivity index (χ1v) is 6.92. The molecule has 0 unspecified atom stereocenters. The van der Waals surface area contributed by atoms with Crippen molar-refractivity contribution in [2.24, 2.45) is 0 Å². The van der Waals surface area contributed by atoms with Crippen molar-refractivity contribution in [1.29, 1.82) is 0 Å². The van der Waals surface area contributed by atoms with Crippen molar-refractivity contribution in [3.05, 3.63) is 35.6 Å². The highest BCUT2D eigenvalue weighted by Crippen LogP contribution is 2.02. The van der Waals surface area contributed by atoms with Crippen LogP contribution in [0.1, 0.15) is 16.8 Å². The summed E-state index contributed by atoms with van der Waals surface area (Å²) < 4.78 is 12.7. The van der Waals surface area contributed by atoms with Gasteiger partial charge in [0.1, 0.15) is 11.9 Å². The van der Waals surface area contributed by atoms with E-state index in [1.165, 1.54) is 24.3 Å². The first-order valence-electron chi connectivity index (χ1n) is 6.92. The van der Waals surface area contributed by atoms with Crippen molar-refractivity contribution in [2.45, 2.75) is 12.5 Å². The highest BCUT2D eigenvalue weighted by Gasteiger charge is 2.25. The highest BCUT2D eigenvalue weighted by atomic mass is 19.1. The number of nitrogens with one attached hydrogen (secondary N) is 4. The van der Waals surface area contributed by atoms with Crippen molar-refractivity contribution in [3.63, 3.8) is 0 Å². The van der Waals surface area contributed by atoms with Gasteiger partial charge in [-0.05, 0) is 30.7 Å². The van der Waals surface area contributed by atoms with Crippen LogP contribution in [0.2, 0.25) is 0 Å². The SMILES string of the molecule is O=C(NCCNC(=O)c1ccc(F)cc1)N[C@@H]1CCNC1=O. The molecule has 1 heterocycles. The number of rotatable bonds is 5. The van der Waals surface area contributed by atoms with Crippen molar-refractivity contribution in [2.75, 3.05) is 19.6 Å². The molecule has 1 aromatic carbocycles. The fourth-order valence-corrected chi connectivity index (χ4v) is 2.00. The number of carbonyl (C=O) groups excluding carboxylic acids is 3. The summed E-state index contributed by atoms with van der Waals surface area (Å²) in [5, 5.41) is 10.3. The van der Waals surface area contributed by atoms with E-state index in [-0.39, 0.29) is 24.9 Å². The molecule has 0 spiro atoms. The number of hydrogen-bond acceptors (Lipinski definition) is 3. The zero-order valence-corrected chi connectivity index (χ0v) is 11.8. The van der Waals surface area contributed by atoms with Gasteiger partial charge < -0.3 is 21.3 Å². The Morgan fingerprint density at radius 3 is 2.50 bits per heavy atom. The lowest BCUT2D eigenvalue weighted by atomic mass is 10.2. The van der Waals surface area contributed by atoms with Gasteiger partial charge in [0.25, 0.3) is 5.91 Å². The maximum atomic E-state index is 12.7. The first kappa shape index (κ1) is 15.7. The van der Waals surface area contributed by atoms with E-state index in [2.05, 4.69) is 21.3 Å². The lowest BCUT2D eigenvalue weighted by molar-refractivity contribution is -0.120. The van der Waals surface area contributed by atoms with Gasteiger partial charge in [-0.1, -0.05) is 0 Å². The van der Waals surface area contributed by atoms with Crippen LogP contribution in [0.4, 0.5) is 9.18 Å². The summed E-state index contributed by atoms with van der Waals surface area (Å²) in [4.78, 5) is 34.5. The molecule has 0 aliphatic carbocycles. The molecule has 0 aromatic heterocycles. The summed E-state index contributed by atoms with van der Waals surface area (Å²) in [6.07, 6.45) is 0.563. The molecule has 4 amide bonds. The Morgan fingerprint density at radius 2 is 1.86 bits per heavy atom. The molecule has 1 aromatic rings.